The predicted molar refractivity (Wildman–Crippen MR) is 165 cm³/mol. The number of alkyl halides is 3. The Morgan fingerprint density at radius 1 is 0.980 bits per heavy atom. The molecule has 5 aromatic rings. The molecule has 49 heavy (non-hydrogen) atoms. The van der Waals surface area contributed by atoms with Crippen molar-refractivity contribution in [3.8, 4) is 28.5 Å². The minimum absolute atomic E-state index is 0.0635. The number of aromatic amines is 1. The van der Waals surface area contributed by atoms with Crippen LogP contribution in [0.4, 0.5) is 22.4 Å². The fraction of sp³-hybridized carbons (Fsp3) is 0.333. The maximum Gasteiger partial charge on any atom is 0.511 e. The van der Waals surface area contributed by atoms with E-state index >= 15 is 4.39 Å². The number of para-hydroxylation sites is 1. The lowest BCUT2D eigenvalue weighted by Crippen LogP contribution is -2.26. The van der Waals surface area contributed by atoms with Gasteiger partial charge in [-0.15, -0.1) is 10.2 Å². The highest BCUT2D eigenvalue weighted by Gasteiger charge is 2.31. The highest BCUT2D eigenvalue weighted by molar-refractivity contribution is 6.02. The Labute approximate surface area is 276 Å². The Hall–Kier alpha value is -5.54. The summed E-state index contributed by atoms with van der Waals surface area (Å²) in [6, 6.07) is 15.0. The largest absolute Gasteiger partial charge is 0.511 e. The number of carbonyl (C=O) groups excluding carboxylic acids is 2. The van der Waals surface area contributed by atoms with Crippen molar-refractivity contribution in [2.24, 2.45) is 0 Å². The van der Waals surface area contributed by atoms with Gasteiger partial charge >= 0.3 is 18.3 Å². The van der Waals surface area contributed by atoms with E-state index in [0.717, 1.165) is 19.3 Å². The number of halogens is 4. The number of hydrogen-bond donors (Lipinski definition) is 1. The molecule has 1 atom stereocenters. The number of tetrazole rings is 1. The Kier molecular flexibility index (Phi) is 9.73. The topological polar surface area (TPSA) is 143 Å². The van der Waals surface area contributed by atoms with E-state index in [9.17, 15) is 22.8 Å². The average Bonchev–Trinajstić information content (AvgIpc) is 3.73. The number of benzene rings is 3. The van der Waals surface area contributed by atoms with Gasteiger partial charge in [-0.25, -0.2) is 14.0 Å². The smallest absolute Gasteiger partial charge is 0.455 e. The van der Waals surface area contributed by atoms with E-state index in [4.69, 9.17) is 18.9 Å². The zero-order chi connectivity index (χ0) is 34.5. The van der Waals surface area contributed by atoms with Gasteiger partial charge in [0.05, 0.1) is 23.1 Å². The first-order chi connectivity index (χ1) is 23.6. The Morgan fingerprint density at radius 2 is 1.76 bits per heavy atom. The first-order valence-electron chi connectivity index (χ1n) is 15.4. The molecule has 1 unspecified atom stereocenters. The number of fused-ring (bicyclic) bond motifs is 1. The fourth-order valence-corrected chi connectivity index (χ4v) is 5.70. The molecule has 1 aliphatic rings. The number of ether oxygens (including phenoxy) is 4. The van der Waals surface area contributed by atoms with Gasteiger partial charge in [0.2, 0.25) is 12.1 Å². The summed E-state index contributed by atoms with van der Waals surface area (Å²) in [6.07, 6.45) is -2.95. The van der Waals surface area contributed by atoms with Crippen molar-refractivity contribution in [1.82, 2.24) is 30.2 Å². The van der Waals surface area contributed by atoms with E-state index in [2.05, 4.69) is 25.6 Å². The minimum Gasteiger partial charge on any atom is -0.455 e. The summed E-state index contributed by atoms with van der Waals surface area (Å²) in [5.74, 6) is -1.33. The second-order valence-corrected chi connectivity index (χ2v) is 11.4. The Bertz CT molecular complexity index is 1940. The Balaban J connectivity index is 1.28. The molecule has 0 aliphatic heterocycles. The van der Waals surface area contributed by atoms with E-state index < -0.39 is 43.0 Å². The quantitative estimate of drug-likeness (QED) is 0.0929. The van der Waals surface area contributed by atoms with Gasteiger partial charge in [0.15, 0.2) is 6.61 Å². The molecule has 12 nitrogen and oxygen atoms in total. The van der Waals surface area contributed by atoms with Crippen molar-refractivity contribution in [1.29, 1.82) is 0 Å². The van der Waals surface area contributed by atoms with Gasteiger partial charge in [0.25, 0.3) is 6.01 Å². The lowest BCUT2D eigenvalue weighted by Gasteiger charge is -2.22. The standard InChI is InChI=1S/C33H30F4N6O6/c1-19(48-32(45)49-21-8-3-2-4-9-21)47-30(44)25-12-7-13-27-28(25)43(31(38-27)46-18-33(35,36)37)17-20-14-15-23(26(34)16-20)22-10-5-6-11-24(22)29-39-41-42-40-29/h5-7,10-16,19,21H,2-4,8-9,17-18H2,1H3,(H,39,40,41,42). The monoisotopic (exact) mass is 682 g/mol. The number of nitrogens with one attached hydrogen (secondary N) is 1. The number of hydrogen-bond acceptors (Lipinski definition) is 10. The third-order valence-corrected chi connectivity index (χ3v) is 7.84. The molecule has 0 radical (unpaired) electrons. The molecule has 1 aliphatic carbocycles. The molecule has 3 aromatic carbocycles. The summed E-state index contributed by atoms with van der Waals surface area (Å²) in [7, 11) is 0. The first-order valence-corrected chi connectivity index (χ1v) is 15.4. The van der Waals surface area contributed by atoms with Gasteiger partial charge in [0.1, 0.15) is 11.9 Å². The molecule has 1 fully saturated rings. The molecule has 1 saturated carbocycles. The van der Waals surface area contributed by atoms with E-state index in [1.54, 1.807) is 30.3 Å². The summed E-state index contributed by atoms with van der Waals surface area (Å²) in [5, 5.41) is 13.9. The number of rotatable bonds is 10. The molecule has 0 saturated heterocycles. The van der Waals surface area contributed by atoms with E-state index in [1.807, 2.05) is 0 Å². The van der Waals surface area contributed by atoms with E-state index in [-0.39, 0.29) is 40.6 Å². The van der Waals surface area contributed by atoms with Crippen LogP contribution >= 0.6 is 0 Å². The number of carbonyl (C=O) groups is 2. The minimum atomic E-state index is -4.69. The second kappa shape index (κ2) is 14.3. The van der Waals surface area contributed by atoms with Crippen molar-refractivity contribution >= 4 is 23.2 Å². The molecule has 0 spiro atoms. The first kappa shape index (κ1) is 33.4. The van der Waals surface area contributed by atoms with Crippen molar-refractivity contribution < 1.29 is 46.1 Å². The van der Waals surface area contributed by atoms with Crippen molar-refractivity contribution in [2.75, 3.05) is 6.61 Å². The highest BCUT2D eigenvalue weighted by atomic mass is 19.4. The van der Waals surface area contributed by atoms with Gasteiger partial charge in [-0.3, -0.25) is 4.57 Å². The van der Waals surface area contributed by atoms with Gasteiger partial charge in [-0.05, 0) is 60.2 Å². The van der Waals surface area contributed by atoms with Crippen LogP contribution in [0.1, 0.15) is 54.9 Å². The second-order valence-electron chi connectivity index (χ2n) is 11.4. The summed E-state index contributed by atoms with van der Waals surface area (Å²) in [6.45, 7) is -0.571. The summed E-state index contributed by atoms with van der Waals surface area (Å²) in [4.78, 5) is 29.8. The third-order valence-electron chi connectivity index (χ3n) is 7.84. The summed E-state index contributed by atoms with van der Waals surface area (Å²) < 4.78 is 77.4. The lowest BCUT2D eigenvalue weighted by atomic mass is 9.97. The number of imidazole rings is 1. The van der Waals surface area contributed by atoms with Crippen LogP contribution in [-0.2, 0) is 20.8 Å². The van der Waals surface area contributed by atoms with Crippen LogP contribution in [0.5, 0.6) is 6.01 Å². The molecule has 2 aromatic heterocycles. The third kappa shape index (κ3) is 7.96. The normalized spacial score (nSPS) is 14.4. The van der Waals surface area contributed by atoms with Gasteiger partial charge in [-0.1, -0.05) is 48.9 Å². The molecule has 1 N–H and O–H groups in total. The highest BCUT2D eigenvalue weighted by Crippen LogP contribution is 2.33. The SMILES string of the molecule is CC(OC(=O)OC1CCCCC1)OC(=O)c1cccc2nc(OCC(F)(F)F)n(Cc3ccc(-c4ccccc4-c4nn[nH]n4)c(F)c3)c12. The maximum absolute atomic E-state index is 15.7. The van der Waals surface area contributed by atoms with Gasteiger partial charge in [-0.2, -0.15) is 23.4 Å². The van der Waals surface area contributed by atoms with Crippen LogP contribution in [0, 0.1) is 5.82 Å². The lowest BCUT2D eigenvalue weighted by molar-refractivity contribution is -0.155. The van der Waals surface area contributed by atoms with Crippen LogP contribution < -0.4 is 4.74 Å². The van der Waals surface area contributed by atoms with Crippen molar-refractivity contribution in [3.63, 3.8) is 0 Å². The molecule has 256 valence electrons. The van der Waals surface area contributed by atoms with Crippen LogP contribution in [0.25, 0.3) is 33.5 Å². The molecule has 0 amide bonds. The number of aromatic nitrogens is 6. The molecular weight excluding hydrogens is 652 g/mol. The predicted octanol–water partition coefficient (Wildman–Crippen LogP) is 7.00. The van der Waals surface area contributed by atoms with Crippen molar-refractivity contribution in [3.05, 3.63) is 77.6 Å². The molecular formula is C33H30F4N6O6. The van der Waals surface area contributed by atoms with Crippen LogP contribution in [0.2, 0.25) is 0 Å². The van der Waals surface area contributed by atoms with E-state index in [1.165, 1.54) is 41.8 Å². The average molecular weight is 683 g/mol. The number of esters is 1. The summed E-state index contributed by atoms with van der Waals surface area (Å²) in [5.41, 5.74) is 1.62. The van der Waals surface area contributed by atoms with Crippen molar-refractivity contribution in [2.45, 2.75) is 64.1 Å². The van der Waals surface area contributed by atoms with Crippen LogP contribution in [0.15, 0.2) is 60.7 Å². The Morgan fingerprint density at radius 3 is 2.47 bits per heavy atom. The molecule has 2 heterocycles. The van der Waals surface area contributed by atoms with E-state index in [0.29, 0.717) is 29.5 Å². The number of H-pyrrole nitrogens is 1. The van der Waals surface area contributed by atoms with Crippen LogP contribution in [-0.4, -0.2) is 67.5 Å². The van der Waals surface area contributed by atoms with Gasteiger partial charge < -0.3 is 18.9 Å². The fourth-order valence-electron chi connectivity index (χ4n) is 5.70. The summed E-state index contributed by atoms with van der Waals surface area (Å²) >= 11 is 0. The molecule has 16 heteroatoms. The van der Waals surface area contributed by atoms with Gasteiger partial charge in [0, 0.05) is 18.1 Å². The maximum atomic E-state index is 15.7. The molecule has 0 bridgehead atoms. The van der Waals surface area contributed by atoms with Crippen LogP contribution in [0.3, 0.4) is 0 Å². The zero-order valence-electron chi connectivity index (χ0n) is 26.1. The molecule has 6 rings (SSSR count). The number of nitrogens with zero attached hydrogens (tertiary/aromatic N) is 5. The zero-order valence-corrected chi connectivity index (χ0v) is 26.1.